The van der Waals surface area contributed by atoms with Gasteiger partial charge in [-0.25, -0.2) is 14.6 Å². The fraction of sp³-hybridized carbons (Fsp3) is 0.500. The molecule has 2 aromatic heterocycles. The molecule has 0 bridgehead atoms. The topological polar surface area (TPSA) is 68.5 Å². The van der Waals surface area contributed by atoms with Crippen LogP contribution in [0.15, 0.2) is 36.8 Å². The summed E-state index contributed by atoms with van der Waals surface area (Å²) < 4.78 is 13.1. The lowest BCUT2D eigenvalue weighted by molar-refractivity contribution is 0.0605. The van der Waals surface area contributed by atoms with Gasteiger partial charge in [0.1, 0.15) is 17.9 Å². The second-order valence-corrected chi connectivity index (χ2v) is 7.96. The van der Waals surface area contributed by atoms with E-state index in [0.717, 1.165) is 87.1 Å². The zero-order chi connectivity index (χ0) is 20.3. The van der Waals surface area contributed by atoms with Gasteiger partial charge in [0.25, 0.3) is 0 Å². The molecule has 8 heteroatoms. The second kappa shape index (κ2) is 8.47. The highest BCUT2D eigenvalue weighted by molar-refractivity contribution is 5.86. The Morgan fingerprint density at radius 2 is 1.80 bits per heavy atom. The standard InChI is InChI=1S/C22H28N6O2/c1-29-20-5-3-2-4-19(20)26-8-10-27(11-9-26)21-18-14-25-28(22(18)24-16-23-21)15-17-6-12-30-13-7-17/h2-5,14,16-17H,6-13,15H2,1H3. The smallest absolute Gasteiger partial charge is 0.163 e. The summed E-state index contributed by atoms with van der Waals surface area (Å²) in [5, 5.41) is 5.69. The Morgan fingerprint density at radius 1 is 1.03 bits per heavy atom. The maximum absolute atomic E-state index is 5.54. The van der Waals surface area contributed by atoms with E-state index in [1.165, 1.54) is 0 Å². The fourth-order valence-corrected chi connectivity index (χ4v) is 4.49. The molecule has 2 saturated heterocycles. The van der Waals surface area contributed by atoms with Crippen LogP contribution in [0.25, 0.3) is 11.0 Å². The Morgan fingerprint density at radius 3 is 2.60 bits per heavy atom. The van der Waals surface area contributed by atoms with E-state index in [-0.39, 0.29) is 0 Å². The van der Waals surface area contributed by atoms with Gasteiger partial charge >= 0.3 is 0 Å². The predicted molar refractivity (Wildman–Crippen MR) is 116 cm³/mol. The molecular formula is C22H28N6O2. The fourth-order valence-electron chi connectivity index (χ4n) is 4.49. The molecule has 0 unspecified atom stereocenters. The van der Waals surface area contributed by atoms with Crippen LogP contribution in [0.4, 0.5) is 11.5 Å². The van der Waals surface area contributed by atoms with Crippen molar-refractivity contribution in [1.29, 1.82) is 0 Å². The van der Waals surface area contributed by atoms with Gasteiger partial charge in [-0.15, -0.1) is 0 Å². The minimum Gasteiger partial charge on any atom is -0.495 e. The molecule has 3 aromatic rings. The number of methoxy groups -OCH3 is 1. The first kappa shape index (κ1) is 19.1. The SMILES string of the molecule is COc1ccccc1N1CCN(c2ncnc3c2cnn3CC2CCOCC2)CC1. The van der Waals surface area contributed by atoms with E-state index in [0.29, 0.717) is 5.92 Å². The summed E-state index contributed by atoms with van der Waals surface area (Å²) in [6, 6.07) is 8.21. The van der Waals surface area contributed by atoms with Crippen LogP contribution in [0.2, 0.25) is 0 Å². The lowest BCUT2D eigenvalue weighted by Gasteiger charge is -2.37. The van der Waals surface area contributed by atoms with Crippen LogP contribution in [-0.4, -0.2) is 66.3 Å². The van der Waals surface area contributed by atoms with Gasteiger partial charge in [-0.1, -0.05) is 12.1 Å². The molecule has 2 aliphatic heterocycles. The summed E-state index contributed by atoms with van der Waals surface area (Å²) in [6.07, 6.45) is 5.78. The Bertz CT molecular complexity index is 992. The van der Waals surface area contributed by atoms with Crippen LogP contribution in [0.5, 0.6) is 5.75 Å². The number of hydrogen-bond donors (Lipinski definition) is 0. The largest absolute Gasteiger partial charge is 0.495 e. The van der Waals surface area contributed by atoms with Crippen LogP contribution < -0.4 is 14.5 Å². The zero-order valence-corrected chi connectivity index (χ0v) is 17.4. The summed E-state index contributed by atoms with van der Waals surface area (Å²) in [7, 11) is 1.73. The molecule has 2 aliphatic rings. The normalized spacial score (nSPS) is 18.2. The summed E-state index contributed by atoms with van der Waals surface area (Å²) >= 11 is 0. The molecule has 4 heterocycles. The molecule has 0 aliphatic carbocycles. The molecule has 0 N–H and O–H groups in total. The van der Waals surface area contributed by atoms with Gasteiger partial charge in [-0.3, -0.25) is 0 Å². The number of hydrogen-bond acceptors (Lipinski definition) is 7. The van der Waals surface area contributed by atoms with Crippen molar-refractivity contribution >= 4 is 22.5 Å². The highest BCUT2D eigenvalue weighted by atomic mass is 16.5. The van der Waals surface area contributed by atoms with Crippen LogP contribution >= 0.6 is 0 Å². The van der Waals surface area contributed by atoms with Gasteiger partial charge in [-0.2, -0.15) is 5.10 Å². The molecule has 1 aromatic carbocycles. The highest BCUT2D eigenvalue weighted by Crippen LogP contribution is 2.30. The third-order valence-corrected chi connectivity index (χ3v) is 6.19. The Labute approximate surface area is 176 Å². The van der Waals surface area contributed by atoms with Crippen LogP contribution in [-0.2, 0) is 11.3 Å². The van der Waals surface area contributed by atoms with Crippen LogP contribution in [0.1, 0.15) is 12.8 Å². The Balaban J connectivity index is 1.32. The van der Waals surface area contributed by atoms with E-state index in [2.05, 4.69) is 37.0 Å². The molecule has 0 atom stereocenters. The molecule has 8 nitrogen and oxygen atoms in total. The molecule has 0 spiro atoms. The third kappa shape index (κ3) is 3.67. The lowest BCUT2D eigenvalue weighted by Crippen LogP contribution is -2.47. The monoisotopic (exact) mass is 408 g/mol. The van der Waals surface area contributed by atoms with Crippen molar-refractivity contribution in [2.24, 2.45) is 5.92 Å². The Hall–Kier alpha value is -2.87. The molecular weight excluding hydrogens is 380 g/mol. The van der Waals surface area contributed by atoms with Crippen molar-refractivity contribution < 1.29 is 9.47 Å². The number of rotatable bonds is 5. The summed E-state index contributed by atoms with van der Waals surface area (Å²) in [5.41, 5.74) is 2.08. The number of para-hydroxylation sites is 2. The average molecular weight is 409 g/mol. The number of ether oxygens (including phenoxy) is 2. The first-order chi connectivity index (χ1) is 14.8. The van der Waals surface area contributed by atoms with Gasteiger partial charge in [0.2, 0.25) is 0 Å². The predicted octanol–water partition coefficient (Wildman–Crippen LogP) is 2.59. The summed E-state index contributed by atoms with van der Waals surface area (Å²) in [6.45, 7) is 6.22. The van der Waals surface area contributed by atoms with E-state index in [1.807, 2.05) is 23.0 Å². The van der Waals surface area contributed by atoms with Crippen molar-refractivity contribution in [1.82, 2.24) is 19.7 Å². The van der Waals surface area contributed by atoms with Gasteiger partial charge in [0.05, 0.1) is 24.4 Å². The molecule has 0 amide bonds. The number of benzene rings is 1. The zero-order valence-electron chi connectivity index (χ0n) is 17.4. The molecule has 0 radical (unpaired) electrons. The van der Waals surface area contributed by atoms with Gasteiger partial charge in [-0.05, 0) is 30.9 Å². The number of aromatic nitrogens is 4. The molecule has 0 saturated carbocycles. The number of nitrogens with zero attached hydrogens (tertiary/aromatic N) is 6. The van der Waals surface area contributed by atoms with Crippen molar-refractivity contribution in [3.05, 3.63) is 36.8 Å². The van der Waals surface area contributed by atoms with E-state index < -0.39 is 0 Å². The van der Waals surface area contributed by atoms with Gasteiger partial charge < -0.3 is 19.3 Å². The lowest BCUT2D eigenvalue weighted by atomic mass is 10.0. The summed E-state index contributed by atoms with van der Waals surface area (Å²) in [5.74, 6) is 2.51. The molecule has 2 fully saturated rings. The third-order valence-electron chi connectivity index (χ3n) is 6.19. The van der Waals surface area contributed by atoms with Crippen molar-refractivity contribution in [3.63, 3.8) is 0 Å². The highest BCUT2D eigenvalue weighted by Gasteiger charge is 2.23. The molecule has 30 heavy (non-hydrogen) atoms. The maximum Gasteiger partial charge on any atom is 0.163 e. The van der Waals surface area contributed by atoms with Crippen LogP contribution in [0, 0.1) is 5.92 Å². The van der Waals surface area contributed by atoms with Gasteiger partial charge in [0, 0.05) is 45.9 Å². The van der Waals surface area contributed by atoms with E-state index in [4.69, 9.17) is 9.47 Å². The Kier molecular flexibility index (Phi) is 5.40. The average Bonchev–Trinajstić information content (AvgIpc) is 3.23. The van der Waals surface area contributed by atoms with Crippen molar-refractivity contribution in [2.75, 3.05) is 56.3 Å². The first-order valence-electron chi connectivity index (χ1n) is 10.7. The number of anilines is 2. The quantitative estimate of drug-likeness (QED) is 0.643. The second-order valence-electron chi connectivity index (χ2n) is 7.96. The minimum atomic E-state index is 0.602. The van der Waals surface area contributed by atoms with E-state index in [1.54, 1.807) is 13.4 Å². The first-order valence-corrected chi connectivity index (χ1v) is 10.7. The van der Waals surface area contributed by atoms with E-state index in [9.17, 15) is 0 Å². The van der Waals surface area contributed by atoms with Crippen LogP contribution in [0.3, 0.4) is 0 Å². The van der Waals surface area contributed by atoms with Crippen molar-refractivity contribution in [2.45, 2.75) is 19.4 Å². The van der Waals surface area contributed by atoms with Crippen molar-refractivity contribution in [3.8, 4) is 5.75 Å². The maximum atomic E-state index is 5.54. The summed E-state index contributed by atoms with van der Waals surface area (Å²) in [4.78, 5) is 13.9. The molecule has 5 rings (SSSR count). The molecule has 158 valence electrons. The number of fused-ring (bicyclic) bond motifs is 1. The number of piperazine rings is 1. The van der Waals surface area contributed by atoms with E-state index >= 15 is 0 Å². The minimum absolute atomic E-state index is 0.602. The van der Waals surface area contributed by atoms with Gasteiger partial charge in [0.15, 0.2) is 5.65 Å².